The molecule has 19 heavy (non-hydrogen) atoms. The molecule has 0 radical (unpaired) electrons. The molecule has 0 amide bonds. The first-order chi connectivity index (χ1) is 9.08. The third-order valence-electron chi connectivity index (χ3n) is 3.28. The molecule has 0 spiro atoms. The minimum atomic E-state index is -0.653. The molecule has 1 saturated heterocycles. The van der Waals surface area contributed by atoms with Crippen molar-refractivity contribution in [1.82, 2.24) is 5.32 Å². The van der Waals surface area contributed by atoms with E-state index in [0.717, 1.165) is 38.1 Å². The SMILES string of the molecule is O=[N+]([O-])c1cc(Cl)c(F)cc1NCC1CCNCC1. The normalized spacial score (nSPS) is 16.3. The van der Waals surface area contributed by atoms with Crippen LogP contribution in [0.4, 0.5) is 15.8 Å². The van der Waals surface area contributed by atoms with Crippen molar-refractivity contribution in [1.29, 1.82) is 0 Å². The van der Waals surface area contributed by atoms with E-state index in [1.165, 1.54) is 0 Å². The summed E-state index contributed by atoms with van der Waals surface area (Å²) in [4.78, 5) is 10.4. The maximum Gasteiger partial charge on any atom is 0.294 e. The van der Waals surface area contributed by atoms with E-state index in [1.54, 1.807) is 0 Å². The molecule has 0 unspecified atom stereocenters. The highest BCUT2D eigenvalue weighted by atomic mass is 35.5. The Bertz CT molecular complexity index is 478. The Labute approximate surface area is 115 Å². The molecule has 0 saturated carbocycles. The van der Waals surface area contributed by atoms with Crippen LogP contribution in [0.1, 0.15) is 12.8 Å². The predicted octanol–water partition coefficient (Wildman–Crippen LogP) is 2.80. The van der Waals surface area contributed by atoms with Gasteiger partial charge in [0, 0.05) is 18.7 Å². The van der Waals surface area contributed by atoms with Gasteiger partial charge in [-0.15, -0.1) is 0 Å². The minimum absolute atomic E-state index is 0.186. The summed E-state index contributed by atoms with van der Waals surface area (Å²) < 4.78 is 13.4. The predicted molar refractivity (Wildman–Crippen MR) is 72.1 cm³/mol. The molecule has 0 atom stereocenters. The van der Waals surface area contributed by atoms with E-state index < -0.39 is 10.7 Å². The number of rotatable bonds is 4. The number of nitrogens with one attached hydrogen (secondary N) is 2. The molecule has 0 bridgehead atoms. The van der Waals surface area contributed by atoms with Gasteiger partial charge in [0.2, 0.25) is 0 Å². The Morgan fingerprint density at radius 3 is 2.79 bits per heavy atom. The van der Waals surface area contributed by atoms with Crippen LogP contribution in [0, 0.1) is 21.8 Å². The summed E-state index contributed by atoms with van der Waals surface area (Å²) in [5.74, 6) is -0.209. The molecule has 1 aromatic carbocycles. The van der Waals surface area contributed by atoms with Crippen molar-refractivity contribution in [3.05, 3.63) is 33.1 Å². The topological polar surface area (TPSA) is 67.2 Å². The number of nitro benzene ring substituents is 1. The minimum Gasteiger partial charge on any atom is -0.379 e. The monoisotopic (exact) mass is 287 g/mol. The van der Waals surface area contributed by atoms with Gasteiger partial charge >= 0.3 is 0 Å². The smallest absolute Gasteiger partial charge is 0.294 e. The summed E-state index contributed by atoms with van der Waals surface area (Å²) in [7, 11) is 0. The molecule has 1 aromatic rings. The number of benzene rings is 1. The number of nitro groups is 1. The molecule has 0 aliphatic carbocycles. The van der Waals surface area contributed by atoms with Crippen molar-refractivity contribution in [2.75, 3.05) is 25.0 Å². The van der Waals surface area contributed by atoms with Gasteiger partial charge in [-0.1, -0.05) is 11.6 Å². The fraction of sp³-hybridized carbons (Fsp3) is 0.500. The summed E-state index contributed by atoms with van der Waals surface area (Å²) >= 11 is 5.56. The largest absolute Gasteiger partial charge is 0.379 e. The number of piperidine rings is 1. The highest BCUT2D eigenvalue weighted by Crippen LogP contribution is 2.30. The number of hydrogen-bond donors (Lipinski definition) is 2. The average molecular weight is 288 g/mol. The summed E-state index contributed by atoms with van der Waals surface area (Å²) in [6.07, 6.45) is 2.02. The Morgan fingerprint density at radius 1 is 1.47 bits per heavy atom. The second-order valence-electron chi connectivity index (χ2n) is 4.61. The maximum absolute atomic E-state index is 13.4. The van der Waals surface area contributed by atoms with Gasteiger partial charge in [0.25, 0.3) is 5.69 Å². The molecule has 104 valence electrons. The fourth-order valence-electron chi connectivity index (χ4n) is 2.17. The van der Waals surface area contributed by atoms with E-state index in [2.05, 4.69) is 10.6 Å². The molecule has 2 rings (SSSR count). The molecule has 1 fully saturated rings. The van der Waals surface area contributed by atoms with Gasteiger partial charge in [-0.2, -0.15) is 0 Å². The lowest BCUT2D eigenvalue weighted by Gasteiger charge is -2.23. The van der Waals surface area contributed by atoms with Crippen molar-refractivity contribution in [3.8, 4) is 0 Å². The number of anilines is 1. The van der Waals surface area contributed by atoms with Crippen LogP contribution in [0.3, 0.4) is 0 Å². The zero-order valence-electron chi connectivity index (χ0n) is 10.3. The number of nitrogens with zero attached hydrogens (tertiary/aromatic N) is 1. The van der Waals surface area contributed by atoms with Gasteiger partial charge in [-0.05, 0) is 31.8 Å². The maximum atomic E-state index is 13.4. The van der Waals surface area contributed by atoms with E-state index in [9.17, 15) is 14.5 Å². The molecule has 5 nitrogen and oxygen atoms in total. The van der Waals surface area contributed by atoms with Gasteiger partial charge in [-0.25, -0.2) is 4.39 Å². The standard InChI is InChI=1S/C12H15ClFN3O2/c13-9-5-12(17(18)19)11(6-10(9)14)16-7-8-1-3-15-4-2-8/h5-6,8,15-16H,1-4,7H2. The van der Waals surface area contributed by atoms with E-state index in [-0.39, 0.29) is 16.4 Å². The van der Waals surface area contributed by atoms with Gasteiger partial charge in [-0.3, -0.25) is 10.1 Å². The van der Waals surface area contributed by atoms with Crippen LogP contribution < -0.4 is 10.6 Å². The first-order valence-electron chi connectivity index (χ1n) is 6.16. The quantitative estimate of drug-likeness (QED) is 0.660. The Kier molecular flexibility index (Phi) is 4.55. The summed E-state index contributed by atoms with van der Waals surface area (Å²) in [6.45, 7) is 2.50. The van der Waals surface area contributed by atoms with Crippen molar-refractivity contribution in [2.45, 2.75) is 12.8 Å². The van der Waals surface area contributed by atoms with Crippen LogP contribution >= 0.6 is 11.6 Å². The van der Waals surface area contributed by atoms with Gasteiger partial charge < -0.3 is 10.6 Å². The van der Waals surface area contributed by atoms with Gasteiger partial charge in [0.15, 0.2) is 0 Å². The molecular weight excluding hydrogens is 273 g/mol. The van der Waals surface area contributed by atoms with Crippen LogP contribution in [0.25, 0.3) is 0 Å². The molecule has 1 heterocycles. The lowest BCUT2D eigenvalue weighted by atomic mass is 9.98. The van der Waals surface area contributed by atoms with Crippen molar-refractivity contribution < 1.29 is 9.31 Å². The zero-order chi connectivity index (χ0) is 13.8. The summed E-state index contributed by atoms with van der Waals surface area (Å²) in [5, 5.41) is 16.9. The lowest BCUT2D eigenvalue weighted by molar-refractivity contribution is -0.384. The fourth-order valence-corrected chi connectivity index (χ4v) is 2.33. The van der Waals surface area contributed by atoms with Crippen LogP contribution in [0.2, 0.25) is 5.02 Å². The molecule has 2 N–H and O–H groups in total. The van der Waals surface area contributed by atoms with E-state index in [1.807, 2.05) is 0 Å². The van der Waals surface area contributed by atoms with Crippen molar-refractivity contribution >= 4 is 23.0 Å². The average Bonchev–Trinajstić information content (AvgIpc) is 2.40. The Hall–Kier alpha value is -1.40. The van der Waals surface area contributed by atoms with Crippen LogP contribution in [-0.4, -0.2) is 24.6 Å². The first-order valence-corrected chi connectivity index (χ1v) is 6.53. The van der Waals surface area contributed by atoms with Gasteiger partial charge in [0.05, 0.1) is 9.95 Å². The number of hydrogen-bond acceptors (Lipinski definition) is 4. The highest BCUT2D eigenvalue weighted by Gasteiger charge is 2.19. The highest BCUT2D eigenvalue weighted by molar-refractivity contribution is 6.31. The Balaban J connectivity index is 2.09. The third-order valence-corrected chi connectivity index (χ3v) is 3.56. The van der Waals surface area contributed by atoms with Crippen LogP contribution in [0.15, 0.2) is 12.1 Å². The Morgan fingerprint density at radius 2 is 2.16 bits per heavy atom. The van der Waals surface area contributed by atoms with Gasteiger partial charge in [0.1, 0.15) is 11.5 Å². The molecule has 1 aliphatic rings. The summed E-state index contributed by atoms with van der Waals surface area (Å²) in [6, 6.07) is 2.13. The van der Waals surface area contributed by atoms with E-state index >= 15 is 0 Å². The third kappa shape index (κ3) is 3.54. The van der Waals surface area contributed by atoms with Crippen LogP contribution in [-0.2, 0) is 0 Å². The molecule has 7 heteroatoms. The van der Waals surface area contributed by atoms with Crippen LogP contribution in [0.5, 0.6) is 0 Å². The van der Waals surface area contributed by atoms with E-state index in [0.29, 0.717) is 12.5 Å². The summed E-state index contributed by atoms with van der Waals surface area (Å²) in [5.41, 5.74) is -0.00855. The molecule has 0 aromatic heterocycles. The lowest BCUT2D eigenvalue weighted by Crippen LogP contribution is -2.31. The van der Waals surface area contributed by atoms with E-state index in [4.69, 9.17) is 11.6 Å². The van der Waals surface area contributed by atoms with Crippen molar-refractivity contribution in [2.24, 2.45) is 5.92 Å². The second kappa shape index (κ2) is 6.16. The molecule has 1 aliphatic heterocycles. The number of halogens is 2. The van der Waals surface area contributed by atoms with Crippen molar-refractivity contribution in [3.63, 3.8) is 0 Å². The molecular formula is C12H15ClFN3O2. The zero-order valence-corrected chi connectivity index (χ0v) is 11.0. The first kappa shape index (κ1) is 14.0. The second-order valence-corrected chi connectivity index (χ2v) is 5.02.